The number of benzene rings is 2. The van der Waals surface area contributed by atoms with Crippen LogP contribution in [-0.4, -0.2) is 26.7 Å². The molecule has 1 heterocycles. The normalized spacial score (nSPS) is 10.8. The zero-order valence-corrected chi connectivity index (χ0v) is 16.5. The average molecular weight is 399 g/mol. The second-order valence-electron chi connectivity index (χ2n) is 6.56. The maximum absolute atomic E-state index is 13.7. The minimum absolute atomic E-state index is 0.142. The Morgan fingerprint density at radius 3 is 2.62 bits per heavy atom. The predicted molar refractivity (Wildman–Crippen MR) is 107 cm³/mol. The number of methoxy groups -OCH3 is 2. The molecular formula is C22H22FNO5. The quantitative estimate of drug-likeness (QED) is 0.618. The van der Waals surface area contributed by atoms with Crippen LogP contribution in [0.25, 0.3) is 11.0 Å². The van der Waals surface area contributed by atoms with Crippen molar-refractivity contribution in [3.8, 4) is 11.5 Å². The molecular weight excluding hydrogens is 377 g/mol. The Morgan fingerprint density at radius 1 is 1.17 bits per heavy atom. The summed E-state index contributed by atoms with van der Waals surface area (Å²) >= 11 is 0. The number of amides is 1. The van der Waals surface area contributed by atoms with Crippen LogP contribution in [0.15, 0.2) is 45.6 Å². The molecule has 0 spiro atoms. The molecule has 0 aliphatic carbocycles. The lowest BCUT2D eigenvalue weighted by molar-refractivity contribution is -0.120. The third-order valence-corrected chi connectivity index (χ3v) is 4.78. The molecule has 0 aliphatic heterocycles. The number of fused-ring (bicyclic) bond motifs is 1. The molecule has 1 aromatic heterocycles. The molecule has 0 saturated heterocycles. The van der Waals surface area contributed by atoms with Crippen molar-refractivity contribution < 1.29 is 23.1 Å². The maximum atomic E-state index is 13.7. The molecule has 1 N–H and O–H groups in total. The minimum Gasteiger partial charge on any atom is -0.496 e. The second kappa shape index (κ2) is 8.77. The van der Waals surface area contributed by atoms with E-state index in [2.05, 4.69) is 5.32 Å². The molecule has 0 unspecified atom stereocenters. The fraction of sp³-hybridized carbons (Fsp3) is 0.273. The van der Waals surface area contributed by atoms with Gasteiger partial charge in [-0.1, -0.05) is 18.2 Å². The highest BCUT2D eigenvalue weighted by Gasteiger charge is 2.18. The van der Waals surface area contributed by atoms with Crippen LogP contribution in [0.4, 0.5) is 4.39 Å². The smallest absolute Gasteiger partial charge is 0.340 e. The van der Waals surface area contributed by atoms with Gasteiger partial charge >= 0.3 is 5.63 Å². The van der Waals surface area contributed by atoms with Crippen LogP contribution in [0.3, 0.4) is 0 Å². The van der Waals surface area contributed by atoms with Gasteiger partial charge in [-0.15, -0.1) is 0 Å². The Morgan fingerprint density at radius 2 is 1.93 bits per heavy atom. The van der Waals surface area contributed by atoms with Crippen LogP contribution in [-0.2, 0) is 17.6 Å². The van der Waals surface area contributed by atoms with Crippen molar-refractivity contribution in [3.05, 3.63) is 69.3 Å². The first-order valence-corrected chi connectivity index (χ1v) is 9.13. The number of carbonyl (C=O) groups excluding carboxylic acids is 1. The Labute approximate surface area is 167 Å². The van der Waals surface area contributed by atoms with Gasteiger partial charge in [-0.2, -0.15) is 0 Å². The molecule has 0 atom stereocenters. The van der Waals surface area contributed by atoms with Gasteiger partial charge in [0.1, 0.15) is 22.9 Å². The van der Waals surface area contributed by atoms with Crippen molar-refractivity contribution in [2.45, 2.75) is 19.8 Å². The third-order valence-electron chi connectivity index (χ3n) is 4.78. The van der Waals surface area contributed by atoms with Gasteiger partial charge in [0.2, 0.25) is 5.91 Å². The van der Waals surface area contributed by atoms with E-state index in [-0.39, 0.29) is 30.3 Å². The van der Waals surface area contributed by atoms with E-state index in [1.165, 1.54) is 20.3 Å². The molecule has 7 heteroatoms. The standard InChI is InChI=1S/C22H22FNO5/c1-13-16(12-20(25)24-9-8-14-6-4-5-7-17(14)23)22(26)29-19-11-15(27-2)10-18(28-3)21(13)19/h4-7,10-11H,8-9,12H2,1-3H3,(H,24,25). The zero-order chi connectivity index (χ0) is 21.0. The molecule has 29 heavy (non-hydrogen) atoms. The monoisotopic (exact) mass is 399 g/mol. The molecule has 152 valence electrons. The molecule has 0 fully saturated rings. The van der Waals surface area contributed by atoms with Crippen molar-refractivity contribution >= 4 is 16.9 Å². The Bertz CT molecular complexity index is 1110. The maximum Gasteiger partial charge on any atom is 0.340 e. The molecule has 1 amide bonds. The van der Waals surface area contributed by atoms with Gasteiger partial charge in [0.15, 0.2) is 0 Å². The van der Waals surface area contributed by atoms with E-state index in [4.69, 9.17) is 13.9 Å². The van der Waals surface area contributed by atoms with E-state index >= 15 is 0 Å². The zero-order valence-electron chi connectivity index (χ0n) is 16.5. The predicted octanol–water partition coefficient (Wildman–Crippen LogP) is 3.16. The number of hydrogen-bond acceptors (Lipinski definition) is 5. The van der Waals surface area contributed by atoms with Crippen LogP contribution in [0, 0.1) is 12.7 Å². The number of aryl methyl sites for hydroxylation is 1. The summed E-state index contributed by atoms with van der Waals surface area (Å²) in [7, 11) is 3.01. The topological polar surface area (TPSA) is 77.8 Å². The Kier molecular flexibility index (Phi) is 6.16. The molecule has 6 nitrogen and oxygen atoms in total. The van der Waals surface area contributed by atoms with Crippen molar-refractivity contribution in [2.75, 3.05) is 20.8 Å². The lowest BCUT2D eigenvalue weighted by atomic mass is 10.0. The molecule has 0 bridgehead atoms. The number of carbonyl (C=O) groups is 1. The highest BCUT2D eigenvalue weighted by molar-refractivity contribution is 5.90. The number of nitrogens with one attached hydrogen (secondary N) is 1. The first-order valence-electron chi connectivity index (χ1n) is 9.13. The van der Waals surface area contributed by atoms with Crippen LogP contribution >= 0.6 is 0 Å². The summed E-state index contributed by atoms with van der Waals surface area (Å²) in [6, 6.07) is 9.70. The summed E-state index contributed by atoms with van der Waals surface area (Å²) in [5.41, 5.74) is 1.12. The van der Waals surface area contributed by atoms with Gasteiger partial charge in [0.25, 0.3) is 0 Å². The average Bonchev–Trinajstić information content (AvgIpc) is 2.71. The van der Waals surface area contributed by atoms with Crippen LogP contribution in [0.1, 0.15) is 16.7 Å². The molecule has 0 aliphatic rings. The summed E-state index contributed by atoms with van der Waals surface area (Å²) < 4.78 is 29.7. The fourth-order valence-electron chi connectivity index (χ4n) is 3.23. The summed E-state index contributed by atoms with van der Waals surface area (Å²) in [5, 5.41) is 3.33. The first-order chi connectivity index (χ1) is 13.9. The van der Waals surface area contributed by atoms with E-state index in [9.17, 15) is 14.0 Å². The van der Waals surface area contributed by atoms with Crippen molar-refractivity contribution in [1.82, 2.24) is 5.32 Å². The van der Waals surface area contributed by atoms with Gasteiger partial charge in [0, 0.05) is 18.7 Å². The molecule has 0 saturated carbocycles. The first kappa shape index (κ1) is 20.4. The number of ether oxygens (including phenoxy) is 2. The van der Waals surface area contributed by atoms with Crippen molar-refractivity contribution in [3.63, 3.8) is 0 Å². The molecule has 3 rings (SSSR count). The van der Waals surface area contributed by atoms with E-state index in [0.717, 1.165) is 0 Å². The van der Waals surface area contributed by atoms with E-state index < -0.39 is 5.63 Å². The van der Waals surface area contributed by atoms with E-state index in [1.54, 1.807) is 37.3 Å². The van der Waals surface area contributed by atoms with Gasteiger partial charge < -0.3 is 19.2 Å². The van der Waals surface area contributed by atoms with Crippen LogP contribution in [0.5, 0.6) is 11.5 Å². The highest BCUT2D eigenvalue weighted by atomic mass is 19.1. The van der Waals surface area contributed by atoms with Gasteiger partial charge in [-0.05, 0) is 30.5 Å². The molecule has 2 aromatic carbocycles. The summed E-state index contributed by atoms with van der Waals surface area (Å²) in [6.45, 7) is 2.01. The van der Waals surface area contributed by atoms with E-state index in [0.29, 0.717) is 40.0 Å². The Balaban J connectivity index is 1.79. The summed E-state index contributed by atoms with van der Waals surface area (Å²) in [4.78, 5) is 24.8. The van der Waals surface area contributed by atoms with Crippen LogP contribution < -0.4 is 20.4 Å². The third kappa shape index (κ3) is 4.39. The number of halogens is 1. The van der Waals surface area contributed by atoms with Gasteiger partial charge in [-0.3, -0.25) is 4.79 Å². The fourth-order valence-corrected chi connectivity index (χ4v) is 3.23. The number of rotatable bonds is 7. The highest BCUT2D eigenvalue weighted by Crippen LogP contribution is 2.33. The van der Waals surface area contributed by atoms with Crippen molar-refractivity contribution in [1.29, 1.82) is 0 Å². The lowest BCUT2D eigenvalue weighted by Crippen LogP contribution is -2.29. The van der Waals surface area contributed by atoms with Gasteiger partial charge in [-0.25, -0.2) is 9.18 Å². The van der Waals surface area contributed by atoms with Crippen molar-refractivity contribution in [2.24, 2.45) is 0 Å². The van der Waals surface area contributed by atoms with Crippen LogP contribution in [0.2, 0.25) is 0 Å². The molecule has 0 radical (unpaired) electrons. The Hall–Kier alpha value is -3.35. The lowest BCUT2D eigenvalue weighted by Gasteiger charge is -2.13. The SMILES string of the molecule is COc1cc(OC)c2c(C)c(CC(=O)NCCc3ccccc3F)c(=O)oc2c1. The van der Waals surface area contributed by atoms with E-state index in [1.807, 2.05) is 0 Å². The molecule has 3 aromatic rings. The largest absolute Gasteiger partial charge is 0.496 e. The summed E-state index contributed by atoms with van der Waals surface area (Å²) in [6.07, 6.45) is 0.216. The summed E-state index contributed by atoms with van der Waals surface area (Å²) in [5.74, 6) is 0.330. The minimum atomic E-state index is -0.588. The second-order valence-corrected chi connectivity index (χ2v) is 6.56. The van der Waals surface area contributed by atoms with Gasteiger partial charge in [0.05, 0.1) is 31.6 Å². The number of hydrogen-bond donors (Lipinski definition) is 1.